The number of rotatable bonds is 1. The van der Waals surface area contributed by atoms with E-state index in [0.717, 1.165) is 11.6 Å². The van der Waals surface area contributed by atoms with Gasteiger partial charge in [0.15, 0.2) is 0 Å². The van der Waals surface area contributed by atoms with Crippen molar-refractivity contribution < 1.29 is 4.74 Å². The van der Waals surface area contributed by atoms with Gasteiger partial charge in [0, 0.05) is 18.5 Å². The number of hydrogen-bond acceptors (Lipinski definition) is 2. The number of aryl methyl sites for hydroxylation is 1. The summed E-state index contributed by atoms with van der Waals surface area (Å²) in [6.45, 7) is 6.40. The SMILES string of the molecule is COc1cc(C(C)(C)C)nn1C. The van der Waals surface area contributed by atoms with Crippen LogP contribution < -0.4 is 4.74 Å². The van der Waals surface area contributed by atoms with Crippen LogP contribution in [-0.4, -0.2) is 16.9 Å². The number of methoxy groups -OCH3 is 1. The number of hydrogen-bond donors (Lipinski definition) is 0. The zero-order chi connectivity index (χ0) is 9.35. The molecule has 0 radical (unpaired) electrons. The molecule has 1 aromatic rings. The van der Waals surface area contributed by atoms with Crippen molar-refractivity contribution in [2.75, 3.05) is 7.11 Å². The first-order valence-corrected chi connectivity index (χ1v) is 4.03. The van der Waals surface area contributed by atoms with Gasteiger partial charge in [-0.05, 0) is 0 Å². The molecular weight excluding hydrogens is 152 g/mol. The van der Waals surface area contributed by atoms with Gasteiger partial charge < -0.3 is 4.74 Å². The lowest BCUT2D eigenvalue weighted by Gasteiger charge is -2.13. The molecular formula is C9H16N2O. The summed E-state index contributed by atoms with van der Waals surface area (Å²) in [6, 6.07) is 1.97. The molecule has 0 saturated heterocycles. The van der Waals surface area contributed by atoms with E-state index in [1.807, 2.05) is 13.1 Å². The van der Waals surface area contributed by atoms with Crippen molar-refractivity contribution in [3.63, 3.8) is 0 Å². The molecule has 0 aliphatic heterocycles. The minimum absolute atomic E-state index is 0.0918. The molecule has 68 valence electrons. The number of aromatic nitrogens is 2. The molecule has 12 heavy (non-hydrogen) atoms. The molecule has 0 N–H and O–H groups in total. The Hall–Kier alpha value is -0.990. The van der Waals surface area contributed by atoms with Crippen molar-refractivity contribution in [3.05, 3.63) is 11.8 Å². The molecule has 3 heteroatoms. The highest BCUT2D eigenvalue weighted by molar-refractivity contribution is 5.21. The Morgan fingerprint density at radius 2 is 2.00 bits per heavy atom. The second-order valence-electron chi connectivity index (χ2n) is 3.95. The van der Waals surface area contributed by atoms with Gasteiger partial charge in [0.25, 0.3) is 0 Å². The molecule has 0 atom stereocenters. The first kappa shape index (κ1) is 9.10. The molecule has 0 aromatic carbocycles. The molecule has 0 saturated carbocycles. The summed E-state index contributed by atoms with van der Waals surface area (Å²) in [5, 5.41) is 4.34. The van der Waals surface area contributed by atoms with Crippen molar-refractivity contribution >= 4 is 0 Å². The minimum Gasteiger partial charge on any atom is -0.481 e. The summed E-state index contributed by atoms with van der Waals surface area (Å²) < 4.78 is 6.87. The number of nitrogens with zero attached hydrogens (tertiary/aromatic N) is 2. The molecule has 0 unspecified atom stereocenters. The van der Waals surface area contributed by atoms with Crippen LogP contribution in [0, 0.1) is 0 Å². The van der Waals surface area contributed by atoms with Gasteiger partial charge in [-0.3, -0.25) is 0 Å². The molecule has 1 aromatic heterocycles. The predicted octanol–water partition coefficient (Wildman–Crippen LogP) is 1.73. The highest BCUT2D eigenvalue weighted by atomic mass is 16.5. The fraction of sp³-hybridized carbons (Fsp3) is 0.667. The Morgan fingerprint density at radius 1 is 1.42 bits per heavy atom. The van der Waals surface area contributed by atoms with E-state index in [4.69, 9.17) is 4.74 Å². The third kappa shape index (κ3) is 1.60. The molecule has 1 heterocycles. The van der Waals surface area contributed by atoms with E-state index in [9.17, 15) is 0 Å². The first-order valence-electron chi connectivity index (χ1n) is 4.03. The van der Waals surface area contributed by atoms with Crippen LogP contribution in [0.4, 0.5) is 0 Å². The fourth-order valence-electron chi connectivity index (χ4n) is 1.01. The monoisotopic (exact) mass is 168 g/mol. The van der Waals surface area contributed by atoms with Crippen LogP contribution in [0.5, 0.6) is 5.88 Å². The number of ether oxygens (including phenoxy) is 1. The molecule has 0 aliphatic rings. The van der Waals surface area contributed by atoms with Gasteiger partial charge in [0.05, 0.1) is 12.8 Å². The van der Waals surface area contributed by atoms with E-state index >= 15 is 0 Å². The van der Waals surface area contributed by atoms with Gasteiger partial charge in [-0.25, -0.2) is 4.68 Å². The average molecular weight is 168 g/mol. The van der Waals surface area contributed by atoms with Crippen LogP contribution in [0.3, 0.4) is 0 Å². The molecule has 0 fully saturated rings. The van der Waals surface area contributed by atoms with E-state index in [1.54, 1.807) is 11.8 Å². The van der Waals surface area contributed by atoms with E-state index < -0.39 is 0 Å². The van der Waals surface area contributed by atoms with E-state index in [1.165, 1.54) is 0 Å². The van der Waals surface area contributed by atoms with Gasteiger partial charge in [0.1, 0.15) is 0 Å². The van der Waals surface area contributed by atoms with E-state index in [-0.39, 0.29) is 5.41 Å². The summed E-state index contributed by atoms with van der Waals surface area (Å²) in [6.07, 6.45) is 0. The zero-order valence-electron chi connectivity index (χ0n) is 8.38. The summed E-state index contributed by atoms with van der Waals surface area (Å²) in [7, 11) is 3.54. The molecule has 0 amide bonds. The van der Waals surface area contributed by atoms with Crippen molar-refractivity contribution in [1.29, 1.82) is 0 Å². The molecule has 3 nitrogen and oxygen atoms in total. The van der Waals surface area contributed by atoms with E-state index in [2.05, 4.69) is 25.9 Å². The van der Waals surface area contributed by atoms with Crippen LogP contribution >= 0.6 is 0 Å². The van der Waals surface area contributed by atoms with Crippen molar-refractivity contribution in [2.24, 2.45) is 7.05 Å². The topological polar surface area (TPSA) is 27.1 Å². The summed E-state index contributed by atoms with van der Waals surface area (Å²) in [5.74, 6) is 0.805. The second kappa shape index (κ2) is 2.81. The van der Waals surface area contributed by atoms with Crippen LogP contribution in [0.25, 0.3) is 0 Å². The minimum atomic E-state index is 0.0918. The smallest absolute Gasteiger partial charge is 0.211 e. The quantitative estimate of drug-likeness (QED) is 0.638. The third-order valence-corrected chi connectivity index (χ3v) is 1.81. The lowest BCUT2D eigenvalue weighted by atomic mass is 9.93. The maximum atomic E-state index is 5.12. The molecule has 0 bridgehead atoms. The van der Waals surface area contributed by atoms with Crippen molar-refractivity contribution in [1.82, 2.24) is 9.78 Å². The largest absolute Gasteiger partial charge is 0.481 e. The normalized spacial score (nSPS) is 11.8. The Balaban J connectivity index is 3.05. The van der Waals surface area contributed by atoms with Crippen LogP contribution in [0.2, 0.25) is 0 Å². The van der Waals surface area contributed by atoms with Gasteiger partial charge in [-0.2, -0.15) is 5.10 Å². The van der Waals surface area contributed by atoms with Crippen molar-refractivity contribution in [2.45, 2.75) is 26.2 Å². The Labute approximate surface area is 73.3 Å². The molecule has 0 spiro atoms. The summed E-state index contributed by atoms with van der Waals surface area (Å²) in [5.41, 5.74) is 1.15. The second-order valence-corrected chi connectivity index (χ2v) is 3.95. The van der Waals surface area contributed by atoms with Crippen LogP contribution in [0.15, 0.2) is 6.07 Å². The Kier molecular flexibility index (Phi) is 2.13. The zero-order valence-corrected chi connectivity index (χ0v) is 8.38. The van der Waals surface area contributed by atoms with E-state index in [0.29, 0.717) is 0 Å². The first-order chi connectivity index (χ1) is 5.45. The fourth-order valence-corrected chi connectivity index (χ4v) is 1.01. The standard InChI is InChI=1S/C9H16N2O/c1-9(2,3)7-6-8(12-5)11(4)10-7/h6H,1-5H3. The maximum Gasteiger partial charge on any atom is 0.211 e. The highest BCUT2D eigenvalue weighted by Gasteiger charge is 2.18. The van der Waals surface area contributed by atoms with Gasteiger partial charge in [-0.1, -0.05) is 20.8 Å². The summed E-state index contributed by atoms with van der Waals surface area (Å²) >= 11 is 0. The summed E-state index contributed by atoms with van der Waals surface area (Å²) in [4.78, 5) is 0. The Morgan fingerprint density at radius 3 is 2.25 bits per heavy atom. The highest BCUT2D eigenvalue weighted by Crippen LogP contribution is 2.23. The average Bonchev–Trinajstić information content (AvgIpc) is 2.29. The maximum absolute atomic E-state index is 5.12. The lowest BCUT2D eigenvalue weighted by molar-refractivity contribution is 0.373. The Bertz CT molecular complexity index is 271. The van der Waals surface area contributed by atoms with Crippen LogP contribution in [0.1, 0.15) is 26.5 Å². The molecule has 1 rings (SSSR count). The van der Waals surface area contributed by atoms with Gasteiger partial charge in [-0.15, -0.1) is 0 Å². The predicted molar refractivity (Wildman–Crippen MR) is 48.5 cm³/mol. The van der Waals surface area contributed by atoms with Crippen molar-refractivity contribution in [3.8, 4) is 5.88 Å². The van der Waals surface area contributed by atoms with Gasteiger partial charge >= 0.3 is 0 Å². The van der Waals surface area contributed by atoms with Crippen LogP contribution in [-0.2, 0) is 12.5 Å². The lowest BCUT2D eigenvalue weighted by Crippen LogP contribution is -2.12. The molecule has 0 aliphatic carbocycles. The third-order valence-electron chi connectivity index (χ3n) is 1.81. The van der Waals surface area contributed by atoms with Gasteiger partial charge in [0.2, 0.25) is 5.88 Å².